The van der Waals surface area contributed by atoms with Gasteiger partial charge in [-0.3, -0.25) is 0 Å². The number of hydrogen-bond donors (Lipinski definition) is 3. The number of nitrogens with zero attached hydrogens (tertiary/aromatic N) is 1. The molecule has 0 aliphatic rings. The number of aromatic carboxylic acids is 1. The Morgan fingerprint density at radius 1 is 1.62 bits per heavy atom. The van der Waals surface area contributed by atoms with Crippen molar-refractivity contribution in [3.8, 4) is 0 Å². The number of H-pyrrole nitrogens is 1. The van der Waals surface area contributed by atoms with Crippen molar-refractivity contribution in [1.82, 2.24) is 9.97 Å². The van der Waals surface area contributed by atoms with Crippen molar-refractivity contribution in [3.05, 3.63) is 29.6 Å². The van der Waals surface area contributed by atoms with Gasteiger partial charge in [0.1, 0.15) is 5.82 Å². The lowest BCUT2D eigenvalue weighted by Gasteiger charge is -2.02. The minimum Gasteiger partial charge on any atom is -0.478 e. The van der Waals surface area contributed by atoms with E-state index in [2.05, 4.69) is 9.97 Å². The highest BCUT2D eigenvalue weighted by Crippen LogP contribution is 2.17. The number of imidazole rings is 1. The van der Waals surface area contributed by atoms with Gasteiger partial charge in [-0.05, 0) is 24.6 Å². The van der Waals surface area contributed by atoms with Crippen molar-refractivity contribution in [3.63, 3.8) is 0 Å². The van der Waals surface area contributed by atoms with Crippen LogP contribution in [0.4, 0.5) is 0 Å². The Balaban J connectivity index is 2.49. The van der Waals surface area contributed by atoms with Gasteiger partial charge in [0.25, 0.3) is 0 Å². The maximum Gasteiger partial charge on any atom is 0.335 e. The van der Waals surface area contributed by atoms with Crippen LogP contribution in [-0.2, 0) is 0 Å². The van der Waals surface area contributed by atoms with Crippen LogP contribution in [0, 0.1) is 0 Å². The summed E-state index contributed by atoms with van der Waals surface area (Å²) in [6.45, 7) is 1.97. The lowest BCUT2D eigenvalue weighted by atomic mass is 10.2. The van der Waals surface area contributed by atoms with Crippen LogP contribution < -0.4 is 5.73 Å². The molecule has 1 heterocycles. The van der Waals surface area contributed by atoms with E-state index in [1.807, 2.05) is 6.92 Å². The molecular weight excluding hydrogens is 206 g/mol. The molecule has 0 saturated carbocycles. The zero-order valence-electron chi connectivity index (χ0n) is 8.90. The number of nitrogens with two attached hydrogens (primary N) is 1. The van der Waals surface area contributed by atoms with Crippen LogP contribution in [0.25, 0.3) is 11.0 Å². The van der Waals surface area contributed by atoms with E-state index in [1.165, 1.54) is 6.07 Å². The van der Waals surface area contributed by atoms with Crippen LogP contribution in [0.1, 0.15) is 35.6 Å². The molecule has 4 N–H and O–H groups in total. The highest BCUT2D eigenvalue weighted by molar-refractivity contribution is 5.92. The molecule has 1 aromatic heterocycles. The number of hydrogen-bond acceptors (Lipinski definition) is 3. The maximum absolute atomic E-state index is 10.8. The maximum atomic E-state index is 10.8. The molecule has 2 aromatic rings. The molecule has 0 fully saturated rings. The normalized spacial score (nSPS) is 12.9. The van der Waals surface area contributed by atoms with Crippen LogP contribution in [0.15, 0.2) is 18.2 Å². The fraction of sp³-hybridized carbons (Fsp3) is 0.273. The number of fused-ring (bicyclic) bond motifs is 1. The van der Waals surface area contributed by atoms with Gasteiger partial charge >= 0.3 is 5.97 Å². The van der Waals surface area contributed by atoms with Gasteiger partial charge in [0.05, 0.1) is 22.6 Å². The first-order chi connectivity index (χ1) is 7.61. The standard InChI is InChI=1S/C11H13N3O2/c1-2-7(12)10-13-8-4-3-6(11(15)16)5-9(8)14-10/h3-5,7H,2,12H2,1H3,(H,13,14)(H,15,16). The molecule has 1 atom stereocenters. The minimum absolute atomic E-state index is 0.138. The van der Waals surface area contributed by atoms with Gasteiger partial charge in [0.15, 0.2) is 0 Å². The van der Waals surface area contributed by atoms with Crippen molar-refractivity contribution < 1.29 is 9.90 Å². The average molecular weight is 219 g/mol. The molecule has 5 heteroatoms. The van der Waals surface area contributed by atoms with Gasteiger partial charge in [-0.2, -0.15) is 0 Å². The van der Waals surface area contributed by atoms with E-state index >= 15 is 0 Å². The predicted octanol–water partition coefficient (Wildman–Crippen LogP) is 1.67. The second-order valence-corrected chi connectivity index (χ2v) is 3.67. The van der Waals surface area contributed by atoms with E-state index in [-0.39, 0.29) is 11.6 Å². The molecule has 1 aromatic carbocycles. The Morgan fingerprint density at radius 2 is 2.38 bits per heavy atom. The Morgan fingerprint density at radius 3 is 3.00 bits per heavy atom. The first-order valence-electron chi connectivity index (χ1n) is 5.10. The molecular formula is C11H13N3O2. The number of benzene rings is 1. The summed E-state index contributed by atoms with van der Waals surface area (Å²) in [4.78, 5) is 18.1. The Hall–Kier alpha value is -1.88. The molecule has 0 radical (unpaired) electrons. The zero-order chi connectivity index (χ0) is 11.7. The van der Waals surface area contributed by atoms with E-state index in [9.17, 15) is 4.79 Å². The molecule has 0 aliphatic heterocycles. The molecule has 0 spiro atoms. The number of rotatable bonds is 3. The second-order valence-electron chi connectivity index (χ2n) is 3.67. The lowest BCUT2D eigenvalue weighted by molar-refractivity contribution is 0.0697. The number of nitrogens with one attached hydrogen (secondary N) is 1. The minimum atomic E-state index is -0.946. The molecule has 84 valence electrons. The third-order valence-corrected chi connectivity index (χ3v) is 2.54. The van der Waals surface area contributed by atoms with Crippen LogP contribution in [0.2, 0.25) is 0 Å². The Labute approximate surface area is 92.3 Å². The van der Waals surface area contributed by atoms with Gasteiger partial charge in [0.2, 0.25) is 0 Å². The van der Waals surface area contributed by atoms with E-state index in [4.69, 9.17) is 10.8 Å². The largest absolute Gasteiger partial charge is 0.478 e. The van der Waals surface area contributed by atoms with E-state index in [1.54, 1.807) is 12.1 Å². The van der Waals surface area contributed by atoms with Crippen molar-refractivity contribution in [2.24, 2.45) is 5.73 Å². The van der Waals surface area contributed by atoms with Gasteiger partial charge in [-0.1, -0.05) is 6.92 Å². The van der Waals surface area contributed by atoms with Gasteiger partial charge in [0, 0.05) is 0 Å². The highest BCUT2D eigenvalue weighted by atomic mass is 16.4. The van der Waals surface area contributed by atoms with Crippen molar-refractivity contribution in [2.75, 3.05) is 0 Å². The molecule has 0 amide bonds. The third kappa shape index (κ3) is 1.77. The molecule has 0 saturated heterocycles. The van der Waals surface area contributed by atoms with Crippen LogP contribution >= 0.6 is 0 Å². The fourth-order valence-corrected chi connectivity index (χ4v) is 1.53. The second kappa shape index (κ2) is 3.94. The predicted molar refractivity (Wildman–Crippen MR) is 60.3 cm³/mol. The summed E-state index contributed by atoms with van der Waals surface area (Å²) in [6.07, 6.45) is 0.783. The molecule has 0 aliphatic carbocycles. The summed E-state index contributed by atoms with van der Waals surface area (Å²) >= 11 is 0. The molecule has 2 rings (SSSR count). The fourth-order valence-electron chi connectivity index (χ4n) is 1.53. The lowest BCUT2D eigenvalue weighted by Crippen LogP contribution is -2.10. The van der Waals surface area contributed by atoms with E-state index in [0.717, 1.165) is 11.9 Å². The Kier molecular flexibility index (Phi) is 2.62. The van der Waals surface area contributed by atoms with Crippen LogP contribution in [-0.4, -0.2) is 21.0 Å². The number of carbonyl (C=O) groups is 1. The van der Waals surface area contributed by atoms with Crippen molar-refractivity contribution in [2.45, 2.75) is 19.4 Å². The number of carboxylic acids is 1. The summed E-state index contributed by atoms with van der Waals surface area (Å²) in [5, 5.41) is 8.85. The number of aromatic nitrogens is 2. The Bertz CT molecular complexity index is 533. The van der Waals surface area contributed by atoms with Crippen molar-refractivity contribution in [1.29, 1.82) is 0 Å². The number of carboxylic acid groups (broad SMARTS) is 1. The van der Waals surface area contributed by atoms with E-state index in [0.29, 0.717) is 11.3 Å². The monoisotopic (exact) mass is 219 g/mol. The van der Waals surface area contributed by atoms with E-state index < -0.39 is 5.97 Å². The quantitative estimate of drug-likeness (QED) is 0.732. The molecule has 1 unspecified atom stereocenters. The first-order valence-corrected chi connectivity index (χ1v) is 5.10. The summed E-state index contributed by atoms with van der Waals surface area (Å²) in [5.74, 6) is -0.252. The highest BCUT2D eigenvalue weighted by Gasteiger charge is 2.11. The summed E-state index contributed by atoms with van der Waals surface area (Å²) in [6, 6.07) is 4.64. The summed E-state index contributed by atoms with van der Waals surface area (Å²) < 4.78 is 0. The average Bonchev–Trinajstić information content (AvgIpc) is 2.70. The molecule has 5 nitrogen and oxygen atoms in total. The smallest absolute Gasteiger partial charge is 0.335 e. The first kappa shape index (κ1) is 10.6. The molecule has 0 bridgehead atoms. The number of aromatic amines is 1. The summed E-state index contributed by atoms with van der Waals surface area (Å²) in [5.41, 5.74) is 7.54. The summed E-state index contributed by atoms with van der Waals surface area (Å²) in [7, 11) is 0. The SMILES string of the molecule is CCC(N)c1nc2ccc(C(=O)O)cc2[nH]1. The van der Waals surface area contributed by atoms with Gasteiger partial charge in [-0.15, -0.1) is 0 Å². The van der Waals surface area contributed by atoms with Crippen LogP contribution in [0.5, 0.6) is 0 Å². The van der Waals surface area contributed by atoms with Gasteiger partial charge < -0.3 is 15.8 Å². The topological polar surface area (TPSA) is 92.0 Å². The molecule has 16 heavy (non-hydrogen) atoms. The van der Waals surface area contributed by atoms with Gasteiger partial charge in [-0.25, -0.2) is 9.78 Å². The van der Waals surface area contributed by atoms with Crippen molar-refractivity contribution >= 4 is 17.0 Å². The van der Waals surface area contributed by atoms with Crippen LogP contribution in [0.3, 0.4) is 0 Å². The zero-order valence-corrected chi connectivity index (χ0v) is 8.90. The third-order valence-electron chi connectivity index (χ3n) is 2.54.